The van der Waals surface area contributed by atoms with Crippen LogP contribution in [0.25, 0.3) is 0 Å². The molecular weight excluding hydrogens is 349 g/mol. The fourth-order valence-corrected chi connectivity index (χ4v) is 4.28. The number of nitrogens with zero attached hydrogens (tertiary/aromatic N) is 1. The van der Waals surface area contributed by atoms with E-state index in [-0.39, 0.29) is 24.3 Å². The van der Waals surface area contributed by atoms with E-state index in [4.69, 9.17) is 4.74 Å². The maximum absolute atomic E-state index is 13.0. The zero-order valence-electron chi connectivity index (χ0n) is 15.1. The van der Waals surface area contributed by atoms with Gasteiger partial charge in [-0.25, -0.2) is 4.39 Å². The van der Waals surface area contributed by atoms with E-state index in [2.05, 4.69) is 29.2 Å². The summed E-state index contributed by atoms with van der Waals surface area (Å²) in [6, 6.07) is 15.3. The first-order chi connectivity index (χ1) is 12.3. The van der Waals surface area contributed by atoms with Crippen LogP contribution in [0, 0.1) is 5.82 Å². The molecule has 0 N–H and O–H groups in total. The average molecular weight is 376 g/mol. The van der Waals surface area contributed by atoms with Crippen molar-refractivity contribution >= 4 is 12.4 Å². The van der Waals surface area contributed by atoms with Crippen LogP contribution in [0.1, 0.15) is 42.7 Å². The number of ether oxygens (including phenoxy) is 1. The predicted octanol–water partition coefficient (Wildman–Crippen LogP) is 5.21. The predicted molar refractivity (Wildman–Crippen MR) is 106 cm³/mol. The van der Waals surface area contributed by atoms with Gasteiger partial charge in [0, 0.05) is 13.1 Å². The van der Waals surface area contributed by atoms with E-state index in [1.54, 1.807) is 23.3 Å². The quantitative estimate of drug-likeness (QED) is 0.727. The molecule has 4 rings (SSSR count). The highest BCUT2D eigenvalue weighted by Crippen LogP contribution is 2.34. The molecular formula is C22H27ClFNO. The highest BCUT2D eigenvalue weighted by atomic mass is 35.5. The maximum Gasteiger partial charge on any atom is 0.123 e. The van der Waals surface area contributed by atoms with Crippen LogP contribution in [0.2, 0.25) is 0 Å². The largest absolute Gasteiger partial charge is 0.490 e. The molecule has 2 aromatic rings. The third-order valence-electron chi connectivity index (χ3n) is 5.62. The molecule has 1 aliphatic carbocycles. The second kappa shape index (κ2) is 8.88. The van der Waals surface area contributed by atoms with Gasteiger partial charge in [0.2, 0.25) is 0 Å². The molecule has 0 bridgehead atoms. The summed E-state index contributed by atoms with van der Waals surface area (Å²) in [5.41, 5.74) is 3.10. The van der Waals surface area contributed by atoms with Crippen molar-refractivity contribution in [3.63, 3.8) is 0 Å². The summed E-state index contributed by atoms with van der Waals surface area (Å²) in [7, 11) is 0. The lowest BCUT2D eigenvalue weighted by molar-refractivity contribution is 0.179. The number of aryl methyl sites for hydroxylation is 1. The van der Waals surface area contributed by atoms with Gasteiger partial charge in [0.05, 0.1) is 6.10 Å². The van der Waals surface area contributed by atoms with E-state index in [1.165, 1.54) is 37.9 Å². The van der Waals surface area contributed by atoms with Gasteiger partial charge in [-0.05, 0) is 80.0 Å². The molecule has 2 nitrogen and oxygen atoms in total. The first kappa shape index (κ1) is 19.2. The van der Waals surface area contributed by atoms with E-state index in [1.807, 2.05) is 0 Å². The van der Waals surface area contributed by atoms with Crippen LogP contribution in [0.5, 0.6) is 5.75 Å². The van der Waals surface area contributed by atoms with Crippen LogP contribution in [0.15, 0.2) is 48.5 Å². The minimum atomic E-state index is -0.212. The Hall–Kier alpha value is -1.58. The van der Waals surface area contributed by atoms with Crippen molar-refractivity contribution in [2.45, 2.75) is 44.1 Å². The van der Waals surface area contributed by atoms with Crippen LogP contribution >= 0.6 is 12.4 Å². The van der Waals surface area contributed by atoms with Gasteiger partial charge in [-0.15, -0.1) is 12.4 Å². The molecule has 1 aliphatic heterocycles. The van der Waals surface area contributed by atoms with Crippen molar-refractivity contribution in [1.29, 1.82) is 0 Å². The number of hydrogen-bond donors (Lipinski definition) is 0. The standard InChI is InChI=1S/C22H26FNO.ClH/c23-19-9-11-21(12-10-19)25-20-5-3-14-24(15-13-20)16-18-8-7-17-4-1-2-6-22(17)18;/h1-2,4,6,9-12,18,20H,3,5,7-8,13-16H2;1H. The summed E-state index contributed by atoms with van der Waals surface area (Å²) in [4.78, 5) is 2.61. The third-order valence-corrected chi connectivity index (χ3v) is 5.62. The van der Waals surface area contributed by atoms with Gasteiger partial charge >= 0.3 is 0 Å². The van der Waals surface area contributed by atoms with E-state index in [0.717, 1.165) is 31.7 Å². The van der Waals surface area contributed by atoms with Gasteiger partial charge in [0.25, 0.3) is 0 Å². The summed E-state index contributed by atoms with van der Waals surface area (Å²) >= 11 is 0. The normalized spacial score (nSPS) is 23.0. The Labute approximate surface area is 161 Å². The van der Waals surface area contributed by atoms with Crippen LogP contribution < -0.4 is 4.74 Å². The van der Waals surface area contributed by atoms with E-state index >= 15 is 0 Å². The van der Waals surface area contributed by atoms with E-state index in [0.29, 0.717) is 5.92 Å². The Balaban J connectivity index is 0.00000196. The molecule has 4 heteroatoms. The molecule has 2 aromatic carbocycles. The molecule has 1 saturated heterocycles. The van der Waals surface area contributed by atoms with Crippen molar-refractivity contribution in [2.24, 2.45) is 0 Å². The summed E-state index contributed by atoms with van der Waals surface area (Å²) in [5.74, 6) is 1.26. The molecule has 1 heterocycles. The van der Waals surface area contributed by atoms with E-state index < -0.39 is 0 Å². The lowest BCUT2D eigenvalue weighted by Crippen LogP contribution is -2.30. The summed E-state index contributed by atoms with van der Waals surface area (Å²) in [6.07, 6.45) is 6.04. The second-order valence-electron chi connectivity index (χ2n) is 7.36. The van der Waals surface area contributed by atoms with Crippen LogP contribution in [-0.2, 0) is 6.42 Å². The zero-order valence-corrected chi connectivity index (χ0v) is 15.9. The number of benzene rings is 2. The van der Waals surface area contributed by atoms with Gasteiger partial charge in [-0.3, -0.25) is 0 Å². The monoisotopic (exact) mass is 375 g/mol. The number of rotatable bonds is 4. The van der Waals surface area contributed by atoms with Crippen LogP contribution in [-0.4, -0.2) is 30.6 Å². The van der Waals surface area contributed by atoms with Gasteiger partial charge in [0.1, 0.15) is 11.6 Å². The van der Waals surface area contributed by atoms with Gasteiger partial charge in [-0.2, -0.15) is 0 Å². The molecule has 140 valence electrons. The Morgan fingerprint density at radius 1 is 0.962 bits per heavy atom. The molecule has 2 aliphatic rings. The fraction of sp³-hybridized carbons (Fsp3) is 0.455. The van der Waals surface area contributed by atoms with Crippen molar-refractivity contribution in [3.8, 4) is 5.75 Å². The Morgan fingerprint density at radius 2 is 1.77 bits per heavy atom. The first-order valence-corrected chi connectivity index (χ1v) is 9.50. The SMILES string of the molecule is Cl.Fc1ccc(OC2CCCN(CC3CCc4ccccc43)CC2)cc1. The average Bonchev–Trinajstić information content (AvgIpc) is 2.90. The van der Waals surface area contributed by atoms with Crippen LogP contribution in [0.3, 0.4) is 0 Å². The summed E-state index contributed by atoms with van der Waals surface area (Å²) < 4.78 is 19.1. The summed E-state index contributed by atoms with van der Waals surface area (Å²) in [6.45, 7) is 3.41. The van der Waals surface area contributed by atoms with Gasteiger partial charge in [-0.1, -0.05) is 24.3 Å². The molecule has 0 amide bonds. The molecule has 2 unspecified atom stereocenters. The smallest absolute Gasteiger partial charge is 0.123 e. The topological polar surface area (TPSA) is 12.5 Å². The molecule has 0 spiro atoms. The van der Waals surface area contributed by atoms with Crippen molar-refractivity contribution < 1.29 is 9.13 Å². The Kier molecular flexibility index (Phi) is 6.55. The molecule has 0 aromatic heterocycles. The number of fused-ring (bicyclic) bond motifs is 1. The van der Waals surface area contributed by atoms with Gasteiger partial charge < -0.3 is 9.64 Å². The van der Waals surface area contributed by atoms with Crippen molar-refractivity contribution in [3.05, 3.63) is 65.5 Å². The van der Waals surface area contributed by atoms with Crippen molar-refractivity contribution in [2.75, 3.05) is 19.6 Å². The Bertz CT molecular complexity index is 706. The van der Waals surface area contributed by atoms with Gasteiger partial charge in [0.15, 0.2) is 0 Å². The van der Waals surface area contributed by atoms with E-state index in [9.17, 15) is 4.39 Å². The molecule has 1 fully saturated rings. The maximum atomic E-state index is 13.0. The highest BCUT2D eigenvalue weighted by Gasteiger charge is 2.26. The molecule has 0 radical (unpaired) electrons. The minimum absolute atomic E-state index is 0. The minimum Gasteiger partial charge on any atom is -0.490 e. The number of likely N-dealkylation sites (tertiary alicyclic amines) is 1. The fourth-order valence-electron chi connectivity index (χ4n) is 4.28. The zero-order chi connectivity index (χ0) is 17.1. The third kappa shape index (κ3) is 4.57. The summed E-state index contributed by atoms with van der Waals surface area (Å²) in [5, 5.41) is 0. The lowest BCUT2D eigenvalue weighted by atomic mass is 10.0. The number of hydrogen-bond acceptors (Lipinski definition) is 2. The first-order valence-electron chi connectivity index (χ1n) is 9.50. The molecule has 26 heavy (non-hydrogen) atoms. The highest BCUT2D eigenvalue weighted by molar-refractivity contribution is 5.85. The number of halogens is 2. The Morgan fingerprint density at radius 3 is 2.62 bits per heavy atom. The second-order valence-corrected chi connectivity index (χ2v) is 7.36. The molecule has 2 atom stereocenters. The molecule has 0 saturated carbocycles. The van der Waals surface area contributed by atoms with Crippen molar-refractivity contribution in [1.82, 2.24) is 4.90 Å². The lowest BCUT2D eigenvalue weighted by Gasteiger charge is -2.24. The van der Waals surface area contributed by atoms with Crippen LogP contribution in [0.4, 0.5) is 4.39 Å².